The Morgan fingerprint density at radius 2 is 1.81 bits per heavy atom. The fourth-order valence-electron chi connectivity index (χ4n) is 4.35. The second-order valence-electron chi connectivity index (χ2n) is 8.67. The summed E-state index contributed by atoms with van der Waals surface area (Å²) in [5.74, 6) is -2.31. The zero-order valence-corrected chi connectivity index (χ0v) is 19.3. The molecule has 1 aliphatic heterocycles. The van der Waals surface area contributed by atoms with Gasteiger partial charge >= 0.3 is 12.1 Å². The summed E-state index contributed by atoms with van der Waals surface area (Å²) in [5.41, 5.74) is -0.241. The molecule has 0 bridgehead atoms. The van der Waals surface area contributed by atoms with E-state index >= 15 is 0 Å². The zero-order chi connectivity index (χ0) is 26.5. The van der Waals surface area contributed by atoms with Crippen LogP contribution in [0.5, 0.6) is 0 Å². The van der Waals surface area contributed by atoms with Gasteiger partial charge in [0.2, 0.25) is 0 Å². The first-order valence-corrected chi connectivity index (χ1v) is 11.1. The maximum absolute atomic E-state index is 13.7. The molecule has 0 spiro atoms. The van der Waals surface area contributed by atoms with Crippen molar-refractivity contribution in [3.63, 3.8) is 0 Å². The van der Waals surface area contributed by atoms with E-state index in [0.29, 0.717) is 25.1 Å². The number of pyridine rings is 2. The van der Waals surface area contributed by atoms with Crippen LogP contribution in [-0.2, 0) is 19.3 Å². The molecule has 4 heterocycles. The summed E-state index contributed by atoms with van der Waals surface area (Å²) in [6, 6.07) is 9.48. The molecule has 0 saturated carbocycles. The number of rotatable bonds is 5. The first kappa shape index (κ1) is 24.2. The Bertz CT molecular complexity index is 1580. The summed E-state index contributed by atoms with van der Waals surface area (Å²) < 4.78 is 55.5. The normalized spacial score (nSPS) is 14.0. The molecule has 190 valence electrons. The van der Waals surface area contributed by atoms with Gasteiger partial charge in [0.15, 0.2) is 0 Å². The van der Waals surface area contributed by atoms with Crippen molar-refractivity contribution in [2.24, 2.45) is 0 Å². The highest BCUT2D eigenvalue weighted by molar-refractivity contribution is 5.93. The first-order chi connectivity index (χ1) is 17.5. The molecule has 37 heavy (non-hydrogen) atoms. The Kier molecular flexibility index (Phi) is 5.81. The molecule has 0 fully saturated rings. The Morgan fingerprint density at radius 1 is 1.14 bits per heavy atom. The van der Waals surface area contributed by atoms with Gasteiger partial charge < -0.3 is 15.3 Å². The van der Waals surface area contributed by atoms with Gasteiger partial charge in [-0.25, -0.2) is 19.2 Å². The molecule has 0 aliphatic carbocycles. The van der Waals surface area contributed by atoms with Crippen molar-refractivity contribution in [3.05, 3.63) is 98.8 Å². The largest absolute Gasteiger partial charge is 0.478 e. The Hall–Kier alpha value is -4.48. The van der Waals surface area contributed by atoms with Gasteiger partial charge in [0.25, 0.3) is 5.56 Å². The number of fused-ring (bicyclic) bond motifs is 2. The van der Waals surface area contributed by atoms with Crippen molar-refractivity contribution in [2.75, 3.05) is 10.2 Å². The number of carboxylic acid groups (broad SMARTS) is 1. The van der Waals surface area contributed by atoms with Crippen LogP contribution in [0, 0.1) is 5.82 Å². The molecule has 12 heteroatoms. The number of alkyl halides is 3. The first-order valence-electron chi connectivity index (χ1n) is 11.1. The summed E-state index contributed by atoms with van der Waals surface area (Å²) in [4.78, 5) is 34.7. The molecule has 1 atom stereocenters. The minimum Gasteiger partial charge on any atom is -0.478 e. The highest BCUT2D eigenvalue weighted by Gasteiger charge is 2.33. The molecule has 5 rings (SSSR count). The van der Waals surface area contributed by atoms with Crippen molar-refractivity contribution >= 4 is 23.3 Å². The van der Waals surface area contributed by atoms with Gasteiger partial charge in [0.05, 0.1) is 17.8 Å². The summed E-state index contributed by atoms with van der Waals surface area (Å²) in [7, 11) is 0. The molecule has 1 aromatic carbocycles. The number of aromatic nitrogens is 3. The highest BCUT2D eigenvalue weighted by atomic mass is 19.4. The van der Waals surface area contributed by atoms with E-state index in [1.54, 1.807) is 0 Å². The Morgan fingerprint density at radius 3 is 2.43 bits per heavy atom. The van der Waals surface area contributed by atoms with Crippen LogP contribution < -0.4 is 15.8 Å². The quantitative estimate of drug-likeness (QED) is 0.375. The maximum atomic E-state index is 13.7. The zero-order valence-electron chi connectivity index (χ0n) is 19.3. The van der Waals surface area contributed by atoms with Crippen LogP contribution in [0.2, 0.25) is 0 Å². The van der Waals surface area contributed by atoms with Crippen LogP contribution in [0.15, 0.2) is 59.7 Å². The fraction of sp³-hybridized carbons (Fsp3) is 0.200. The van der Waals surface area contributed by atoms with E-state index in [2.05, 4.69) is 15.3 Å². The molecule has 1 aliphatic rings. The van der Waals surface area contributed by atoms with Crippen LogP contribution in [-0.4, -0.2) is 25.4 Å². The summed E-state index contributed by atoms with van der Waals surface area (Å²) >= 11 is 0. The summed E-state index contributed by atoms with van der Waals surface area (Å²) in [6.45, 7) is 2.42. The number of anilines is 2. The number of hydrogen-bond donors (Lipinski definition) is 2. The molecule has 0 radical (unpaired) electrons. The van der Waals surface area contributed by atoms with Crippen molar-refractivity contribution in [2.45, 2.75) is 32.2 Å². The maximum Gasteiger partial charge on any atom is 0.417 e. The SMILES string of the molecule is C[C@@H](Nc1ncc(F)cc1C(=O)O)c1cc(C(F)(F)F)cn2c(=O)cc(N3Cc4ccccc4C3)nc12. The lowest BCUT2D eigenvalue weighted by Gasteiger charge is -2.22. The summed E-state index contributed by atoms with van der Waals surface area (Å²) in [6.07, 6.45) is -3.29. The van der Waals surface area contributed by atoms with Gasteiger partial charge in [0, 0.05) is 30.9 Å². The molecule has 0 amide bonds. The van der Waals surface area contributed by atoms with E-state index in [4.69, 9.17) is 0 Å². The minimum absolute atomic E-state index is 0.0204. The second kappa shape index (κ2) is 8.87. The monoisotopic (exact) mass is 513 g/mol. The fourth-order valence-corrected chi connectivity index (χ4v) is 4.35. The Balaban J connectivity index is 1.63. The standard InChI is InChI=1S/C25H19F4N5O3/c1-13(31-22-19(24(36)37)7-17(26)9-30-22)18-6-16(25(27,28)29)12-34-21(35)8-20(32-23(18)34)33-10-14-4-2-3-5-15(14)11-33/h2-9,12-13H,10-11H2,1H3,(H,30,31)(H,36,37)/t13-/m1/s1. The number of benzene rings is 1. The molecule has 0 unspecified atom stereocenters. The van der Waals surface area contributed by atoms with Gasteiger partial charge in [-0.2, -0.15) is 13.2 Å². The average Bonchev–Trinajstić information content (AvgIpc) is 3.28. The van der Waals surface area contributed by atoms with Crippen LogP contribution in [0.1, 0.15) is 45.6 Å². The van der Waals surface area contributed by atoms with Crippen molar-refractivity contribution in [3.8, 4) is 0 Å². The van der Waals surface area contributed by atoms with Crippen molar-refractivity contribution in [1.82, 2.24) is 14.4 Å². The van der Waals surface area contributed by atoms with Gasteiger partial charge in [0.1, 0.15) is 28.7 Å². The lowest BCUT2D eigenvalue weighted by atomic mass is 10.1. The van der Waals surface area contributed by atoms with E-state index < -0.39 is 40.7 Å². The van der Waals surface area contributed by atoms with E-state index in [-0.39, 0.29) is 17.0 Å². The third kappa shape index (κ3) is 4.57. The highest BCUT2D eigenvalue weighted by Crippen LogP contribution is 2.34. The number of aromatic carboxylic acids is 1. The van der Waals surface area contributed by atoms with Crippen LogP contribution in [0.25, 0.3) is 5.65 Å². The predicted molar refractivity (Wildman–Crippen MR) is 126 cm³/mol. The predicted octanol–water partition coefficient (Wildman–Crippen LogP) is 4.64. The third-order valence-corrected chi connectivity index (χ3v) is 6.17. The molecular weight excluding hydrogens is 494 g/mol. The molecule has 0 saturated heterocycles. The van der Waals surface area contributed by atoms with E-state index in [0.717, 1.165) is 33.9 Å². The lowest BCUT2D eigenvalue weighted by Crippen LogP contribution is -2.25. The van der Waals surface area contributed by atoms with E-state index in [1.807, 2.05) is 29.2 Å². The number of nitrogens with zero attached hydrogens (tertiary/aromatic N) is 4. The second-order valence-corrected chi connectivity index (χ2v) is 8.67. The molecule has 4 aromatic rings. The average molecular weight is 513 g/mol. The van der Waals surface area contributed by atoms with Crippen LogP contribution >= 0.6 is 0 Å². The lowest BCUT2D eigenvalue weighted by molar-refractivity contribution is -0.137. The number of halogens is 4. The number of carbonyl (C=O) groups is 1. The Labute approximate surface area is 206 Å². The van der Waals surface area contributed by atoms with Crippen LogP contribution in [0.3, 0.4) is 0 Å². The van der Waals surface area contributed by atoms with Crippen molar-refractivity contribution in [1.29, 1.82) is 0 Å². The minimum atomic E-state index is -4.77. The number of hydrogen-bond acceptors (Lipinski definition) is 6. The van der Waals surface area contributed by atoms with E-state index in [1.165, 1.54) is 13.0 Å². The molecule has 8 nitrogen and oxygen atoms in total. The molecule has 3 aromatic heterocycles. The molecule has 2 N–H and O–H groups in total. The number of carboxylic acids is 1. The van der Waals surface area contributed by atoms with E-state index in [9.17, 15) is 32.3 Å². The van der Waals surface area contributed by atoms with Gasteiger partial charge in [-0.05, 0) is 30.2 Å². The topological polar surface area (TPSA) is 99.8 Å². The molecular formula is C25H19F4N5O3. The third-order valence-electron chi connectivity index (χ3n) is 6.17. The number of nitrogens with one attached hydrogen (secondary N) is 1. The van der Waals surface area contributed by atoms with Gasteiger partial charge in [-0.3, -0.25) is 9.20 Å². The summed E-state index contributed by atoms with van der Waals surface area (Å²) in [5, 5.41) is 12.1. The van der Waals surface area contributed by atoms with Crippen molar-refractivity contribution < 1.29 is 27.5 Å². The van der Waals surface area contributed by atoms with Gasteiger partial charge in [-0.1, -0.05) is 24.3 Å². The smallest absolute Gasteiger partial charge is 0.417 e. The van der Waals surface area contributed by atoms with Crippen LogP contribution in [0.4, 0.5) is 29.2 Å². The van der Waals surface area contributed by atoms with Gasteiger partial charge in [-0.15, -0.1) is 0 Å².